The van der Waals surface area contributed by atoms with Crippen LogP contribution in [0.5, 0.6) is 5.75 Å². The van der Waals surface area contributed by atoms with Gasteiger partial charge in [-0.25, -0.2) is 13.1 Å². The van der Waals surface area contributed by atoms with Crippen LogP contribution in [0.2, 0.25) is 0 Å². The minimum atomic E-state index is -3.69. The number of methoxy groups -OCH3 is 1. The van der Waals surface area contributed by atoms with Gasteiger partial charge in [0.15, 0.2) is 0 Å². The van der Waals surface area contributed by atoms with Gasteiger partial charge in [0.05, 0.1) is 17.7 Å². The summed E-state index contributed by atoms with van der Waals surface area (Å²) in [4.78, 5) is 11.4. The fourth-order valence-electron chi connectivity index (χ4n) is 1.59. The van der Waals surface area contributed by atoms with Crippen molar-refractivity contribution in [3.05, 3.63) is 18.2 Å². The van der Waals surface area contributed by atoms with Crippen molar-refractivity contribution in [3.63, 3.8) is 0 Å². The number of rotatable bonds is 8. The molecule has 1 aromatic carbocycles. The molecule has 118 valence electrons. The van der Waals surface area contributed by atoms with E-state index in [4.69, 9.17) is 10.5 Å². The highest BCUT2D eigenvalue weighted by Gasteiger charge is 2.16. The Morgan fingerprint density at radius 1 is 1.33 bits per heavy atom. The summed E-state index contributed by atoms with van der Waals surface area (Å²) in [5.74, 6) is 0.105. The Morgan fingerprint density at radius 2 is 2.05 bits per heavy atom. The Morgan fingerprint density at radius 3 is 2.67 bits per heavy atom. The summed E-state index contributed by atoms with van der Waals surface area (Å²) in [6.45, 7) is 2.56. The summed E-state index contributed by atoms with van der Waals surface area (Å²) in [7, 11) is -2.28. The van der Waals surface area contributed by atoms with E-state index in [9.17, 15) is 13.2 Å². The average molecular weight is 315 g/mol. The summed E-state index contributed by atoms with van der Waals surface area (Å²) in [5, 5.41) is 2.67. The lowest BCUT2D eigenvalue weighted by molar-refractivity contribution is -0.120. The Bertz CT molecular complexity index is 587. The van der Waals surface area contributed by atoms with E-state index >= 15 is 0 Å². The van der Waals surface area contributed by atoms with E-state index in [1.165, 1.54) is 25.3 Å². The summed E-state index contributed by atoms with van der Waals surface area (Å²) in [6.07, 6.45) is 0.925. The van der Waals surface area contributed by atoms with Gasteiger partial charge in [-0.2, -0.15) is 0 Å². The van der Waals surface area contributed by atoms with Crippen molar-refractivity contribution in [1.82, 2.24) is 10.0 Å². The Hall–Kier alpha value is -1.80. The first-order valence-corrected chi connectivity index (χ1v) is 8.09. The number of hydrogen-bond acceptors (Lipinski definition) is 5. The molecule has 1 aromatic rings. The van der Waals surface area contributed by atoms with Crippen molar-refractivity contribution in [1.29, 1.82) is 0 Å². The number of carbonyl (C=O) groups is 1. The second kappa shape index (κ2) is 7.84. The first-order valence-electron chi connectivity index (χ1n) is 6.60. The van der Waals surface area contributed by atoms with E-state index in [0.29, 0.717) is 18.0 Å². The maximum Gasteiger partial charge on any atom is 0.240 e. The molecule has 21 heavy (non-hydrogen) atoms. The standard InChI is InChI=1S/C13H21N3O4S/c1-3-7-15-13(17)6-8-16-21(18,19)10-4-5-11(14)12(9-10)20-2/h4-5,9,16H,3,6-8,14H2,1-2H3,(H,15,17). The van der Waals surface area contributed by atoms with Gasteiger partial charge in [0.2, 0.25) is 15.9 Å². The summed E-state index contributed by atoms with van der Waals surface area (Å²) in [6, 6.07) is 4.19. The molecule has 0 radical (unpaired) electrons. The van der Waals surface area contributed by atoms with Crippen molar-refractivity contribution < 1.29 is 17.9 Å². The summed E-state index contributed by atoms with van der Waals surface area (Å²) < 4.78 is 31.5. The van der Waals surface area contributed by atoms with E-state index in [0.717, 1.165) is 6.42 Å². The van der Waals surface area contributed by atoms with Crippen LogP contribution in [0.1, 0.15) is 19.8 Å². The fraction of sp³-hybridized carbons (Fsp3) is 0.462. The van der Waals surface area contributed by atoms with Gasteiger partial charge in [-0.3, -0.25) is 4.79 Å². The van der Waals surface area contributed by atoms with Gasteiger partial charge in [0.25, 0.3) is 0 Å². The third-order valence-electron chi connectivity index (χ3n) is 2.73. The van der Waals surface area contributed by atoms with Crippen LogP contribution in [0.3, 0.4) is 0 Å². The van der Waals surface area contributed by atoms with Crippen LogP contribution >= 0.6 is 0 Å². The molecule has 7 nitrogen and oxygen atoms in total. The highest BCUT2D eigenvalue weighted by molar-refractivity contribution is 7.89. The first kappa shape index (κ1) is 17.3. The van der Waals surface area contributed by atoms with Crippen LogP contribution in [-0.4, -0.2) is 34.5 Å². The highest BCUT2D eigenvalue weighted by Crippen LogP contribution is 2.24. The van der Waals surface area contributed by atoms with Crippen LogP contribution in [0.15, 0.2) is 23.1 Å². The number of benzene rings is 1. The molecule has 0 heterocycles. The van der Waals surface area contributed by atoms with Gasteiger partial charge in [-0.05, 0) is 18.6 Å². The first-order chi connectivity index (χ1) is 9.90. The number of carbonyl (C=O) groups excluding carboxylic acids is 1. The number of sulfonamides is 1. The molecule has 4 N–H and O–H groups in total. The average Bonchev–Trinajstić information content (AvgIpc) is 2.45. The predicted molar refractivity (Wildman–Crippen MR) is 80.5 cm³/mol. The molecule has 1 rings (SSSR count). The van der Waals surface area contributed by atoms with Crippen molar-refractivity contribution >= 4 is 21.6 Å². The minimum absolute atomic E-state index is 0.0323. The molecule has 0 bridgehead atoms. The third-order valence-corrected chi connectivity index (χ3v) is 4.19. The Labute approximate surface area is 124 Å². The molecule has 8 heteroatoms. The molecule has 0 atom stereocenters. The SMILES string of the molecule is CCCNC(=O)CCNS(=O)(=O)c1ccc(N)c(OC)c1. The zero-order valence-corrected chi connectivity index (χ0v) is 13.0. The number of ether oxygens (including phenoxy) is 1. The molecule has 0 fully saturated rings. The van der Waals surface area contributed by atoms with Gasteiger partial charge < -0.3 is 15.8 Å². The zero-order chi connectivity index (χ0) is 15.9. The van der Waals surface area contributed by atoms with Crippen molar-refractivity contribution in [2.24, 2.45) is 0 Å². The quantitative estimate of drug-likeness (QED) is 0.604. The van der Waals surface area contributed by atoms with Crippen molar-refractivity contribution in [2.45, 2.75) is 24.7 Å². The molecule has 0 aliphatic heterocycles. The molecule has 0 unspecified atom stereocenters. The number of nitrogens with two attached hydrogens (primary N) is 1. The maximum atomic E-state index is 12.1. The van der Waals surface area contributed by atoms with Crippen LogP contribution < -0.4 is 20.5 Å². The normalized spacial score (nSPS) is 11.1. The number of anilines is 1. The monoisotopic (exact) mass is 315 g/mol. The molecule has 1 amide bonds. The lowest BCUT2D eigenvalue weighted by Crippen LogP contribution is -2.31. The van der Waals surface area contributed by atoms with Crippen LogP contribution in [0.25, 0.3) is 0 Å². The fourth-order valence-corrected chi connectivity index (χ4v) is 2.64. The molecule has 0 spiro atoms. The van der Waals surface area contributed by atoms with Gasteiger partial charge >= 0.3 is 0 Å². The van der Waals surface area contributed by atoms with E-state index in [2.05, 4.69) is 10.0 Å². The highest BCUT2D eigenvalue weighted by atomic mass is 32.2. The molecule has 0 aliphatic carbocycles. The number of hydrogen-bond donors (Lipinski definition) is 3. The second-order valence-corrected chi connectivity index (χ2v) is 6.17. The zero-order valence-electron chi connectivity index (χ0n) is 12.2. The van der Waals surface area contributed by atoms with Crippen LogP contribution in [-0.2, 0) is 14.8 Å². The molecular formula is C13H21N3O4S. The van der Waals surface area contributed by atoms with Gasteiger partial charge in [0.1, 0.15) is 5.75 Å². The Kier molecular flexibility index (Phi) is 6.44. The molecular weight excluding hydrogens is 294 g/mol. The van der Waals surface area contributed by atoms with E-state index in [-0.39, 0.29) is 23.8 Å². The van der Waals surface area contributed by atoms with Gasteiger partial charge in [-0.15, -0.1) is 0 Å². The summed E-state index contributed by atoms with van der Waals surface area (Å²) in [5.41, 5.74) is 5.99. The van der Waals surface area contributed by atoms with E-state index in [1.54, 1.807) is 0 Å². The molecule has 0 saturated heterocycles. The smallest absolute Gasteiger partial charge is 0.240 e. The largest absolute Gasteiger partial charge is 0.495 e. The molecule has 0 aromatic heterocycles. The molecule has 0 saturated carbocycles. The number of nitrogen functional groups attached to an aromatic ring is 1. The third kappa shape index (κ3) is 5.24. The number of amides is 1. The van der Waals surface area contributed by atoms with E-state index < -0.39 is 10.0 Å². The number of nitrogens with one attached hydrogen (secondary N) is 2. The van der Waals surface area contributed by atoms with Crippen LogP contribution in [0.4, 0.5) is 5.69 Å². The predicted octanol–water partition coefficient (Wildman–Crippen LogP) is 0.472. The lowest BCUT2D eigenvalue weighted by atomic mass is 10.3. The lowest BCUT2D eigenvalue weighted by Gasteiger charge is -2.09. The van der Waals surface area contributed by atoms with Gasteiger partial charge in [-0.1, -0.05) is 6.92 Å². The summed E-state index contributed by atoms with van der Waals surface area (Å²) >= 11 is 0. The van der Waals surface area contributed by atoms with Crippen molar-refractivity contribution in [2.75, 3.05) is 25.9 Å². The van der Waals surface area contributed by atoms with Gasteiger partial charge in [0, 0.05) is 25.6 Å². The van der Waals surface area contributed by atoms with Crippen molar-refractivity contribution in [3.8, 4) is 5.75 Å². The Balaban J connectivity index is 2.63. The van der Waals surface area contributed by atoms with Crippen LogP contribution in [0, 0.1) is 0 Å². The maximum absolute atomic E-state index is 12.1. The topological polar surface area (TPSA) is 111 Å². The second-order valence-electron chi connectivity index (χ2n) is 4.40. The minimum Gasteiger partial charge on any atom is -0.495 e. The molecule has 0 aliphatic rings. The van der Waals surface area contributed by atoms with E-state index in [1.807, 2.05) is 6.92 Å².